The third kappa shape index (κ3) is 4.76. The molecule has 2 aromatic carbocycles. The molecule has 0 bridgehead atoms. The highest BCUT2D eigenvalue weighted by molar-refractivity contribution is 6.46. The van der Waals surface area contributed by atoms with Gasteiger partial charge in [-0.2, -0.15) is 0 Å². The third-order valence-corrected chi connectivity index (χ3v) is 5.68. The monoisotopic (exact) mass is 462 g/mol. The second-order valence-corrected chi connectivity index (χ2v) is 8.14. The average molecular weight is 463 g/mol. The standard InChI is InChI=1S/C26H23ClN2O4/c1-2-15-33-21-9-5-19(6-10-21)24(30)22-23(18-3-7-20(27)8-4-18)29(26(32)25(22)31)16-17-11-13-28-14-12-17/h3-14,23,30H,2,15-16H2,1H3/b24-22+. The Labute approximate surface area is 197 Å². The molecule has 1 aliphatic rings. The summed E-state index contributed by atoms with van der Waals surface area (Å²) >= 11 is 6.06. The van der Waals surface area contributed by atoms with Gasteiger partial charge in [-0.15, -0.1) is 0 Å². The molecule has 0 aliphatic carbocycles. The number of rotatable bonds is 7. The van der Waals surface area contributed by atoms with E-state index in [1.165, 1.54) is 4.90 Å². The Bertz CT molecular complexity index is 1180. The summed E-state index contributed by atoms with van der Waals surface area (Å²) in [6.45, 7) is 2.80. The van der Waals surface area contributed by atoms with Crippen LogP contribution in [0.2, 0.25) is 5.02 Å². The summed E-state index contributed by atoms with van der Waals surface area (Å²) < 4.78 is 5.59. The smallest absolute Gasteiger partial charge is 0.295 e. The molecule has 2 heterocycles. The van der Waals surface area contributed by atoms with Crippen molar-refractivity contribution in [1.82, 2.24) is 9.88 Å². The fourth-order valence-corrected chi connectivity index (χ4v) is 3.93. The lowest BCUT2D eigenvalue weighted by Crippen LogP contribution is -2.29. The predicted molar refractivity (Wildman–Crippen MR) is 126 cm³/mol. The molecule has 1 saturated heterocycles. The van der Waals surface area contributed by atoms with E-state index in [0.717, 1.165) is 12.0 Å². The van der Waals surface area contributed by atoms with Crippen LogP contribution in [-0.2, 0) is 16.1 Å². The van der Waals surface area contributed by atoms with Crippen LogP contribution >= 0.6 is 11.6 Å². The number of hydrogen-bond donors (Lipinski definition) is 1. The number of aliphatic hydroxyl groups is 1. The second kappa shape index (κ2) is 9.88. The van der Waals surface area contributed by atoms with Crippen molar-refractivity contribution in [2.75, 3.05) is 6.61 Å². The van der Waals surface area contributed by atoms with Gasteiger partial charge in [-0.25, -0.2) is 0 Å². The minimum atomic E-state index is -0.758. The number of aliphatic hydroxyl groups excluding tert-OH is 1. The van der Waals surface area contributed by atoms with E-state index in [9.17, 15) is 14.7 Å². The quantitative estimate of drug-likeness (QED) is 0.298. The van der Waals surface area contributed by atoms with Gasteiger partial charge in [0.1, 0.15) is 11.5 Å². The zero-order valence-corrected chi connectivity index (χ0v) is 18.8. The Morgan fingerprint density at radius 1 is 1.03 bits per heavy atom. The first-order valence-electron chi connectivity index (χ1n) is 10.7. The van der Waals surface area contributed by atoms with Gasteiger partial charge in [0.05, 0.1) is 18.2 Å². The van der Waals surface area contributed by atoms with E-state index in [-0.39, 0.29) is 17.9 Å². The van der Waals surface area contributed by atoms with Gasteiger partial charge < -0.3 is 14.7 Å². The first-order chi connectivity index (χ1) is 16.0. The second-order valence-electron chi connectivity index (χ2n) is 7.71. The highest BCUT2D eigenvalue weighted by Gasteiger charge is 2.46. The summed E-state index contributed by atoms with van der Waals surface area (Å²) in [5.41, 5.74) is 1.97. The first-order valence-corrected chi connectivity index (χ1v) is 11.0. The maximum atomic E-state index is 13.1. The van der Waals surface area contributed by atoms with Gasteiger partial charge in [0.2, 0.25) is 0 Å². The Morgan fingerprint density at radius 2 is 1.70 bits per heavy atom. The normalized spacial score (nSPS) is 17.4. The van der Waals surface area contributed by atoms with E-state index < -0.39 is 17.7 Å². The lowest BCUT2D eigenvalue weighted by molar-refractivity contribution is -0.140. The molecule has 1 fully saturated rings. The van der Waals surface area contributed by atoms with Crippen LogP contribution in [0.25, 0.3) is 5.76 Å². The van der Waals surface area contributed by atoms with Gasteiger partial charge in [0, 0.05) is 29.5 Å². The molecular weight excluding hydrogens is 440 g/mol. The number of nitrogens with zero attached hydrogens (tertiary/aromatic N) is 2. The van der Waals surface area contributed by atoms with Crippen molar-refractivity contribution in [3.8, 4) is 5.75 Å². The molecule has 1 amide bonds. The fraction of sp³-hybridized carbons (Fsp3) is 0.192. The number of carbonyl (C=O) groups is 2. The molecule has 4 rings (SSSR count). The molecule has 33 heavy (non-hydrogen) atoms. The Hall–Kier alpha value is -3.64. The van der Waals surface area contributed by atoms with E-state index >= 15 is 0 Å². The highest BCUT2D eigenvalue weighted by Crippen LogP contribution is 2.40. The number of likely N-dealkylation sites (tertiary alicyclic amines) is 1. The van der Waals surface area contributed by atoms with Crippen LogP contribution in [0.4, 0.5) is 0 Å². The summed E-state index contributed by atoms with van der Waals surface area (Å²) in [5, 5.41) is 11.7. The zero-order chi connectivity index (χ0) is 23.4. The van der Waals surface area contributed by atoms with Gasteiger partial charge in [-0.3, -0.25) is 14.6 Å². The van der Waals surface area contributed by atoms with E-state index in [4.69, 9.17) is 16.3 Å². The van der Waals surface area contributed by atoms with Crippen molar-refractivity contribution in [1.29, 1.82) is 0 Å². The van der Waals surface area contributed by atoms with Crippen LogP contribution in [0.15, 0.2) is 78.6 Å². The van der Waals surface area contributed by atoms with Gasteiger partial charge >= 0.3 is 0 Å². The lowest BCUT2D eigenvalue weighted by atomic mass is 9.95. The predicted octanol–water partition coefficient (Wildman–Crippen LogP) is 5.15. The number of benzene rings is 2. The Morgan fingerprint density at radius 3 is 2.33 bits per heavy atom. The molecule has 0 spiro atoms. The number of Topliss-reactive ketones (excluding diaryl/α,β-unsaturated/α-hetero) is 1. The van der Waals surface area contributed by atoms with Crippen LogP contribution in [0.5, 0.6) is 5.75 Å². The first kappa shape index (κ1) is 22.6. The molecule has 1 aromatic heterocycles. The van der Waals surface area contributed by atoms with E-state index in [1.807, 2.05) is 6.92 Å². The van der Waals surface area contributed by atoms with Crippen molar-refractivity contribution in [2.45, 2.75) is 25.9 Å². The molecule has 0 radical (unpaired) electrons. The summed E-state index contributed by atoms with van der Waals surface area (Å²) in [6.07, 6.45) is 4.14. The van der Waals surface area contributed by atoms with Crippen LogP contribution in [0, 0.1) is 0 Å². The van der Waals surface area contributed by atoms with Crippen molar-refractivity contribution in [3.63, 3.8) is 0 Å². The zero-order valence-electron chi connectivity index (χ0n) is 18.1. The van der Waals surface area contributed by atoms with Crippen LogP contribution in [0.1, 0.15) is 36.1 Å². The van der Waals surface area contributed by atoms with Gasteiger partial charge in [-0.05, 0) is 66.1 Å². The highest BCUT2D eigenvalue weighted by atomic mass is 35.5. The minimum Gasteiger partial charge on any atom is -0.507 e. The lowest BCUT2D eigenvalue weighted by Gasteiger charge is -2.25. The molecule has 1 atom stereocenters. The molecular formula is C26H23ClN2O4. The molecule has 1 N–H and O–H groups in total. The number of ketones is 1. The molecule has 168 valence electrons. The number of pyridine rings is 1. The van der Waals surface area contributed by atoms with Gasteiger partial charge in [-0.1, -0.05) is 30.7 Å². The third-order valence-electron chi connectivity index (χ3n) is 5.43. The Kier molecular flexibility index (Phi) is 6.75. The summed E-state index contributed by atoms with van der Waals surface area (Å²) in [5.74, 6) is -0.961. The SMILES string of the molecule is CCCOc1ccc(/C(O)=C2\C(=O)C(=O)N(Cc3ccncc3)C2c2ccc(Cl)cc2)cc1. The van der Waals surface area contributed by atoms with Crippen molar-refractivity contribution >= 4 is 29.1 Å². The summed E-state index contributed by atoms with van der Waals surface area (Å²) in [4.78, 5) is 31.6. The molecule has 3 aromatic rings. The average Bonchev–Trinajstić information content (AvgIpc) is 3.08. The molecule has 1 unspecified atom stereocenters. The number of hydrogen-bond acceptors (Lipinski definition) is 5. The minimum absolute atomic E-state index is 0.0404. The molecule has 7 heteroatoms. The molecule has 0 saturated carbocycles. The number of carbonyl (C=O) groups excluding carboxylic acids is 2. The number of ether oxygens (including phenoxy) is 1. The molecule has 1 aliphatic heterocycles. The van der Waals surface area contributed by atoms with Crippen molar-refractivity contribution in [2.24, 2.45) is 0 Å². The molecule has 6 nitrogen and oxygen atoms in total. The topological polar surface area (TPSA) is 79.7 Å². The largest absolute Gasteiger partial charge is 0.507 e. The number of halogens is 1. The van der Waals surface area contributed by atoms with Gasteiger partial charge in [0.25, 0.3) is 11.7 Å². The van der Waals surface area contributed by atoms with Crippen LogP contribution in [-0.4, -0.2) is 33.3 Å². The van der Waals surface area contributed by atoms with Crippen molar-refractivity contribution in [3.05, 3.63) is 100 Å². The summed E-state index contributed by atoms with van der Waals surface area (Å²) in [6, 6.07) is 16.5. The van der Waals surface area contributed by atoms with Crippen LogP contribution in [0.3, 0.4) is 0 Å². The van der Waals surface area contributed by atoms with E-state index in [2.05, 4.69) is 4.98 Å². The maximum Gasteiger partial charge on any atom is 0.295 e. The van der Waals surface area contributed by atoms with E-state index in [1.54, 1.807) is 73.1 Å². The van der Waals surface area contributed by atoms with E-state index in [0.29, 0.717) is 28.5 Å². The Balaban J connectivity index is 1.78. The maximum absolute atomic E-state index is 13.1. The number of aromatic nitrogens is 1. The summed E-state index contributed by atoms with van der Waals surface area (Å²) in [7, 11) is 0. The van der Waals surface area contributed by atoms with Crippen molar-refractivity contribution < 1.29 is 19.4 Å². The number of amides is 1. The fourth-order valence-electron chi connectivity index (χ4n) is 3.80. The van der Waals surface area contributed by atoms with Gasteiger partial charge in [0.15, 0.2) is 0 Å². The van der Waals surface area contributed by atoms with Crippen LogP contribution < -0.4 is 4.74 Å².